The summed E-state index contributed by atoms with van der Waals surface area (Å²) in [5, 5.41) is 11.5. The molecule has 0 saturated carbocycles. The Balaban J connectivity index is 0.000000300. The Morgan fingerprint density at radius 1 is 0.914 bits per heavy atom. The number of esters is 1. The minimum absolute atomic E-state index is 0. The average molecular weight is 835 g/mol. The second-order valence-corrected chi connectivity index (χ2v) is 18.2. The molecular weight excluding hydrogens is 770 g/mol. The number of nitrogens with one attached hydrogen (secondary N) is 3. The van der Waals surface area contributed by atoms with E-state index >= 15 is 0 Å². The lowest BCUT2D eigenvalue weighted by Gasteiger charge is -2.23. The summed E-state index contributed by atoms with van der Waals surface area (Å²) in [7, 11) is 0. The highest BCUT2D eigenvalue weighted by Crippen LogP contribution is 2.42. The van der Waals surface area contributed by atoms with Crippen molar-refractivity contribution < 1.29 is 35.9 Å². The monoisotopic (exact) mass is 833 g/mol. The van der Waals surface area contributed by atoms with E-state index in [9.17, 15) is 14.4 Å². The number of amides is 3. The Morgan fingerprint density at radius 2 is 1.62 bits per heavy atom. The van der Waals surface area contributed by atoms with Gasteiger partial charge in [0.25, 0.3) is 0 Å². The molecule has 3 atom stereocenters. The molecule has 2 saturated heterocycles. The van der Waals surface area contributed by atoms with Crippen LogP contribution in [0.1, 0.15) is 105 Å². The zero-order valence-corrected chi connectivity index (χ0v) is 37.7. The van der Waals surface area contributed by atoms with Gasteiger partial charge in [0.1, 0.15) is 30.0 Å². The summed E-state index contributed by atoms with van der Waals surface area (Å²) in [4.78, 5) is 38.6. The number of thioether (sulfide) groups is 1. The maximum Gasteiger partial charge on any atom is 0.339 e. The van der Waals surface area contributed by atoms with E-state index in [1.54, 1.807) is 0 Å². The van der Waals surface area contributed by atoms with E-state index in [0.29, 0.717) is 23.3 Å². The minimum atomic E-state index is -0.586. The highest BCUT2D eigenvalue weighted by molar-refractivity contribution is 8.00. The van der Waals surface area contributed by atoms with E-state index in [2.05, 4.69) is 89.5 Å². The van der Waals surface area contributed by atoms with Gasteiger partial charge in [-0.25, -0.2) is 14.2 Å². The second-order valence-electron chi connectivity index (χ2n) is 16.9. The van der Waals surface area contributed by atoms with Crippen LogP contribution in [0.5, 0.6) is 0 Å². The Kier molecular flexibility index (Phi) is 16.2. The van der Waals surface area contributed by atoms with Crippen molar-refractivity contribution in [2.45, 2.75) is 123 Å². The lowest BCUT2D eigenvalue weighted by molar-refractivity contribution is -0.122. The van der Waals surface area contributed by atoms with Gasteiger partial charge in [0.15, 0.2) is 0 Å². The number of benzene rings is 3. The Labute approximate surface area is 355 Å². The SMILES string of the molecule is CC(C)(C)NC(=O)CCCCC1SCC2NC(=O)NC21.CCN(CC)c1ccc2c(-c3ccccc3C(=O)OC(C)(C)C)c3ccc(=[N+](CC)CC)cc-3oc2c1.[Cl-]. The molecule has 2 fully saturated rings. The fourth-order valence-electron chi connectivity index (χ4n) is 7.70. The van der Waals surface area contributed by atoms with Gasteiger partial charge in [-0.15, -0.1) is 0 Å². The van der Waals surface area contributed by atoms with Crippen LogP contribution in [0.3, 0.4) is 0 Å². The number of halogens is 1. The van der Waals surface area contributed by atoms with Crippen LogP contribution in [0.15, 0.2) is 65.1 Å². The number of hydrogen-bond acceptors (Lipinski definition) is 7. The summed E-state index contributed by atoms with van der Waals surface area (Å²) < 4.78 is 14.7. The number of hydrogen-bond donors (Lipinski definition) is 3. The van der Waals surface area contributed by atoms with Crippen molar-refractivity contribution in [3.8, 4) is 22.5 Å². The van der Waals surface area contributed by atoms with E-state index in [-0.39, 0.29) is 41.9 Å². The summed E-state index contributed by atoms with van der Waals surface area (Å²) in [6.45, 7) is 23.9. The molecule has 0 aromatic heterocycles. The number of ether oxygens (including phenoxy) is 1. The predicted octanol–water partition coefficient (Wildman–Crippen LogP) is 5.45. The molecule has 316 valence electrons. The van der Waals surface area contributed by atoms with Crippen molar-refractivity contribution in [1.82, 2.24) is 20.5 Å². The molecule has 12 heteroatoms. The standard InChI is InChI=1S/C32H39N2O3.C14H25N3O2S.ClH/c1-8-33(9-2)22-16-18-26-28(20-22)36-29-21-23(34(10-3)11-4)17-19-27(29)30(26)24-14-12-13-15-25(24)31(35)37-32(5,6)7;1-14(2,3)17-11(18)7-5-4-6-10-12-9(8-20-10)15-13(19)16-12;/h12-21H,8-11H2,1-7H3;9-10,12H,4-8H2,1-3H3,(H,17,18)(H2,15,16,19);1H/q+1;;/p-1. The fraction of sp³-hybridized carbons (Fsp3) is 0.522. The van der Waals surface area contributed by atoms with Crippen molar-refractivity contribution in [1.29, 1.82) is 0 Å². The van der Waals surface area contributed by atoms with E-state index in [0.717, 1.165) is 95.7 Å². The van der Waals surface area contributed by atoms with Crippen molar-refractivity contribution in [2.24, 2.45) is 0 Å². The first-order chi connectivity index (χ1) is 27.0. The van der Waals surface area contributed by atoms with Gasteiger partial charge in [-0.3, -0.25) is 4.79 Å². The van der Waals surface area contributed by atoms with Crippen molar-refractivity contribution in [2.75, 3.05) is 36.8 Å². The van der Waals surface area contributed by atoms with Crippen LogP contribution in [0.4, 0.5) is 10.5 Å². The van der Waals surface area contributed by atoms with Crippen molar-refractivity contribution in [3.05, 3.63) is 71.6 Å². The molecule has 3 amide bonds. The fourth-order valence-corrected chi connectivity index (χ4v) is 9.24. The molecule has 0 spiro atoms. The number of urea groups is 1. The zero-order chi connectivity index (χ0) is 41.5. The summed E-state index contributed by atoms with van der Waals surface area (Å²) in [6, 6.07) is 21.0. The Bertz CT molecular complexity index is 2080. The molecule has 4 aliphatic rings. The number of fused-ring (bicyclic) bond motifs is 3. The molecule has 58 heavy (non-hydrogen) atoms. The number of anilines is 1. The molecule has 3 heterocycles. The number of carbonyl (C=O) groups excluding carboxylic acids is 3. The van der Waals surface area contributed by atoms with E-state index in [1.807, 2.05) is 77.6 Å². The van der Waals surface area contributed by atoms with Gasteiger partial charge < -0.3 is 42.4 Å². The van der Waals surface area contributed by atoms with Gasteiger partial charge in [-0.1, -0.05) is 24.6 Å². The number of unbranched alkanes of at least 4 members (excludes halogenated alkanes) is 1. The highest BCUT2D eigenvalue weighted by atomic mass is 35.5. The number of nitrogens with zero attached hydrogens (tertiary/aromatic N) is 2. The van der Waals surface area contributed by atoms with Crippen molar-refractivity contribution >= 4 is 46.3 Å². The van der Waals surface area contributed by atoms with Gasteiger partial charge in [-0.2, -0.15) is 11.8 Å². The largest absolute Gasteiger partial charge is 1.00 e. The third-order valence-corrected chi connectivity index (χ3v) is 11.9. The minimum Gasteiger partial charge on any atom is -1.00 e. The van der Waals surface area contributed by atoms with Crippen LogP contribution < -0.4 is 43.2 Å². The van der Waals surface area contributed by atoms with Crippen LogP contribution in [-0.2, 0) is 9.53 Å². The summed E-state index contributed by atoms with van der Waals surface area (Å²) in [5.74, 6) is 1.59. The second kappa shape index (κ2) is 20.2. The molecule has 6 rings (SSSR count). The molecule has 0 bridgehead atoms. The Morgan fingerprint density at radius 3 is 2.28 bits per heavy atom. The first-order valence-corrected chi connectivity index (χ1v) is 21.8. The van der Waals surface area contributed by atoms with Gasteiger partial charge in [-0.05, 0) is 112 Å². The first kappa shape index (κ1) is 46.5. The van der Waals surface area contributed by atoms with Crippen LogP contribution in [-0.4, -0.2) is 78.3 Å². The first-order valence-electron chi connectivity index (χ1n) is 20.7. The molecule has 2 aromatic carbocycles. The third-order valence-electron chi connectivity index (χ3n) is 10.4. The highest BCUT2D eigenvalue weighted by Gasteiger charge is 2.42. The Hall–Kier alpha value is -4.22. The van der Waals surface area contributed by atoms with Crippen LogP contribution in [0.25, 0.3) is 33.4 Å². The van der Waals surface area contributed by atoms with Gasteiger partial charge >= 0.3 is 12.0 Å². The zero-order valence-electron chi connectivity index (χ0n) is 36.1. The molecular formula is C46H64ClN5O5S. The predicted molar refractivity (Wildman–Crippen MR) is 235 cm³/mol. The molecule has 1 aliphatic carbocycles. The van der Waals surface area contributed by atoms with E-state index in [4.69, 9.17) is 9.15 Å². The van der Waals surface area contributed by atoms with Crippen LogP contribution in [0, 0.1) is 0 Å². The summed E-state index contributed by atoms with van der Waals surface area (Å²) in [6.07, 6.45) is 3.61. The molecule has 2 aromatic rings. The normalized spacial score (nSPS) is 17.3. The van der Waals surface area contributed by atoms with E-state index < -0.39 is 5.60 Å². The quantitative estimate of drug-likeness (QED) is 0.0573. The number of rotatable bonds is 12. The molecule has 3 aliphatic heterocycles. The summed E-state index contributed by atoms with van der Waals surface area (Å²) >= 11 is 1.93. The maximum absolute atomic E-state index is 13.3. The molecule has 0 radical (unpaired) electrons. The molecule has 3 N–H and O–H groups in total. The molecule has 3 unspecified atom stereocenters. The van der Waals surface area contributed by atoms with Crippen LogP contribution >= 0.6 is 11.8 Å². The number of carbonyl (C=O) groups is 3. The van der Waals surface area contributed by atoms with Gasteiger partial charge in [0, 0.05) is 70.4 Å². The lowest BCUT2D eigenvalue weighted by Crippen LogP contribution is -3.00. The van der Waals surface area contributed by atoms with E-state index in [1.165, 1.54) is 0 Å². The average Bonchev–Trinajstić information content (AvgIpc) is 3.71. The lowest BCUT2D eigenvalue weighted by atomic mass is 9.90. The summed E-state index contributed by atoms with van der Waals surface area (Å²) in [5.41, 5.74) is 4.52. The van der Waals surface area contributed by atoms with Crippen LogP contribution in [0.2, 0.25) is 0 Å². The van der Waals surface area contributed by atoms with Crippen molar-refractivity contribution in [3.63, 3.8) is 0 Å². The topological polar surface area (TPSA) is 116 Å². The third kappa shape index (κ3) is 11.7. The maximum atomic E-state index is 13.3. The smallest absolute Gasteiger partial charge is 0.339 e. The van der Waals surface area contributed by atoms with Gasteiger partial charge in [0.2, 0.25) is 11.3 Å². The molecule has 10 nitrogen and oxygen atoms in total. The van der Waals surface area contributed by atoms with Gasteiger partial charge in [0.05, 0.1) is 23.7 Å².